The van der Waals surface area contributed by atoms with Crippen molar-refractivity contribution in [2.24, 2.45) is 10.3 Å². The number of ether oxygens (including phenoxy) is 2. The van der Waals surface area contributed by atoms with Crippen LogP contribution in [0.1, 0.15) is 11.4 Å². The van der Waals surface area contributed by atoms with E-state index in [4.69, 9.17) is 59.5 Å². The number of nitrogens with two attached hydrogens (primary N) is 2. The molecule has 0 saturated heterocycles. The summed E-state index contributed by atoms with van der Waals surface area (Å²) in [5.41, 5.74) is 4.39. The van der Waals surface area contributed by atoms with Crippen LogP contribution in [0.15, 0.2) is 168 Å². The largest absolute Gasteiger partial charge is 0.487 e. The maximum absolute atomic E-state index is 13.1. The minimum Gasteiger partial charge on any atom is -0.487 e. The van der Waals surface area contributed by atoms with Crippen molar-refractivity contribution < 1.29 is 30.7 Å². The third-order valence-electron chi connectivity index (χ3n) is 9.00. The number of sulfonamides is 2. The van der Waals surface area contributed by atoms with E-state index in [9.17, 15) is 21.2 Å². The molecule has 316 valence electrons. The van der Waals surface area contributed by atoms with Gasteiger partial charge in [0.1, 0.15) is 42.2 Å². The van der Waals surface area contributed by atoms with Gasteiger partial charge in [-0.2, -0.15) is 0 Å². The van der Waals surface area contributed by atoms with E-state index in [1.54, 1.807) is 84.9 Å². The maximum atomic E-state index is 13.1. The van der Waals surface area contributed by atoms with E-state index in [-0.39, 0.29) is 28.8 Å². The van der Waals surface area contributed by atoms with Crippen LogP contribution in [-0.2, 0) is 33.3 Å². The molecule has 4 N–H and O–H groups in total. The van der Waals surface area contributed by atoms with Crippen molar-refractivity contribution in [3.8, 4) is 45.6 Å². The summed E-state index contributed by atoms with van der Waals surface area (Å²) in [5, 5.41) is 12.2. The Kier molecular flexibility index (Phi) is 13.4. The number of aromatic nitrogens is 4. The molecule has 62 heavy (non-hydrogen) atoms. The third kappa shape index (κ3) is 11.3. The minimum absolute atomic E-state index is 0.0146. The normalized spacial score (nSPS) is 11.5. The first-order valence-corrected chi connectivity index (χ1v) is 22.5. The molecule has 0 unspecified atom stereocenters. The Hall–Kier alpha value is -6.04. The molecule has 8 aromatic rings. The quantitative estimate of drug-likeness (QED) is 0.122. The molecule has 0 fully saturated rings. The average Bonchev–Trinajstić information content (AvgIpc) is 3.89. The van der Waals surface area contributed by atoms with Gasteiger partial charge in [-0.05, 0) is 146 Å². The summed E-state index contributed by atoms with van der Waals surface area (Å²) in [5.74, 6) is 2.05. The summed E-state index contributed by atoms with van der Waals surface area (Å²) in [6.45, 7) is 0.402. The molecule has 0 amide bonds. The van der Waals surface area contributed by atoms with Gasteiger partial charge in [-0.15, -0.1) is 0 Å². The van der Waals surface area contributed by atoms with Gasteiger partial charge in [0.25, 0.3) is 0 Å². The van der Waals surface area contributed by atoms with Crippen molar-refractivity contribution in [1.82, 2.24) is 19.1 Å². The first-order valence-electron chi connectivity index (χ1n) is 18.3. The topological polar surface area (TPSA) is 174 Å². The number of halogens is 4. The predicted octanol–water partition coefficient (Wildman–Crippen LogP) is 9.63. The fraction of sp³-hybridized carbons (Fsp3) is 0.0455. The lowest BCUT2D eigenvalue weighted by Gasteiger charge is -2.08. The van der Waals surface area contributed by atoms with Crippen LogP contribution < -0.4 is 19.8 Å². The lowest BCUT2D eigenvalue weighted by molar-refractivity contribution is 0.301. The van der Waals surface area contributed by atoms with Crippen LogP contribution in [0.3, 0.4) is 0 Å². The van der Waals surface area contributed by atoms with Gasteiger partial charge in [0, 0.05) is 50.0 Å². The highest BCUT2D eigenvalue weighted by atomic mass is 35.5. The molecule has 12 nitrogen and oxygen atoms in total. The van der Waals surface area contributed by atoms with Gasteiger partial charge in [-0.1, -0.05) is 34.8 Å². The second-order valence-electron chi connectivity index (χ2n) is 13.4. The van der Waals surface area contributed by atoms with Gasteiger partial charge >= 0.3 is 0 Å². The van der Waals surface area contributed by atoms with Crippen LogP contribution in [0.4, 0.5) is 4.39 Å². The van der Waals surface area contributed by atoms with E-state index < -0.39 is 20.0 Å². The van der Waals surface area contributed by atoms with Crippen molar-refractivity contribution in [2.75, 3.05) is 0 Å². The molecule has 0 saturated carbocycles. The molecule has 2 aromatic heterocycles. The number of hydrogen-bond acceptors (Lipinski definition) is 8. The van der Waals surface area contributed by atoms with Gasteiger partial charge < -0.3 is 9.47 Å². The molecule has 2 heterocycles. The zero-order valence-electron chi connectivity index (χ0n) is 32.1. The predicted molar refractivity (Wildman–Crippen MR) is 237 cm³/mol. The maximum Gasteiger partial charge on any atom is 0.238 e. The highest BCUT2D eigenvalue weighted by molar-refractivity contribution is 7.89. The minimum atomic E-state index is -3.79. The van der Waals surface area contributed by atoms with E-state index in [0.717, 1.165) is 16.9 Å². The Morgan fingerprint density at radius 2 is 0.806 bits per heavy atom. The number of primary sulfonamides is 2. The monoisotopic (exact) mass is 930 g/mol. The fourth-order valence-corrected chi connectivity index (χ4v) is 7.37. The second kappa shape index (κ2) is 18.9. The Morgan fingerprint density at radius 1 is 0.484 bits per heavy atom. The molecule has 0 aliphatic carbocycles. The second-order valence-corrected chi connectivity index (χ2v) is 17.9. The molecule has 0 atom stereocenters. The molecule has 0 bridgehead atoms. The van der Waals surface area contributed by atoms with Gasteiger partial charge in [0.05, 0.1) is 21.2 Å². The van der Waals surface area contributed by atoms with Gasteiger partial charge in [0.2, 0.25) is 20.0 Å². The average molecular weight is 932 g/mol. The number of hydrogen-bond donors (Lipinski definition) is 2. The zero-order valence-corrected chi connectivity index (χ0v) is 36.0. The number of rotatable bonds is 12. The van der Waals surface area contributed by atoms with Crippen LogP contribution in [0.5, 0.6) is 11.5 Å². The van der Waals surface area contributed by atoms with E-state index >= 15 is 0 Å². The van der Waals surface area contributed by atoms with E-state index in [2.05, 4.69) is 4.98 Å². The lowest BCUT2D eigenvalue weighted by Crippen LogP contribution is -2.11. The SMILES string of the molecule is NS(=O)(=O)c1ccc(-c2nc(COc3ccc(Cl)cc3)cn2-c2ccc(Cl)cc2)cc1.NS(=O)(=O)c1ccc(-c2nc(COc3ccc(F)cc3)cn2-c2ccc(Cl)cc2)cc1. The van der Waals surface area contributed by atoms with Crippen LogP contribution in [0, 0.1) is 5.82 Å². The zero-order chi connectivity index (χ0) is 44.0. The van der Waals surface area contributed by atoms with Gasteiger partial charge in [-0.25, -0.2) is 41.5 Å². The highest BCUT2D eigenvalue weighted by Gasteiger charge is 2.17. The van der Waals surface area contributed by atoms with Crippen LogP contribution in [0.2, 0.25) is 15.1 Å². The van der Waals surface area contributed by atoms with Crippen molar-refractivity contribution in [3.05, 3.63) is 190 Å². The van der Waals surface area contributed by atoms with E-state index in [1.807, 2.05) is 45.8 Å². The molecule has 18 heteroatoms. The molecule has 0 aliphatic rings. The fourth-order valence-electron chi connectivity index (χ4n) is 5.96. The Balaban J connectivity index is 0.000000186. The smallest absolute Gasteiger partial charge is 0.238 e. The van der Waals surface area contributed by atoms with Gasteiger partial charge in [0.15, 0.2) is 0 Å². The van der Waals surface area contributed by atoms with Crippen molar-refractivity contribution in [3.63, 3.8) is 0 Å². The highest BCUT2D eigenvalue weighted by Crippen LogP contribution is 2.28. The number of benzene rings is 6. The summed E-state index contributed by atoms with van der Waals surface area (Å²) in [6.07, 6.45) is 3.68. The number of nitrogens with zero attached hydrogens (tertiary/aromatic N) is 4. The molecule has 0 aliphatic heterocycles. The molecular weight excluding hydrogens is 898 g/mol. The van der Waals surface area contributed by atoms with E-state index in [0.29, 0.717) is 55.2 Å². The lowest BCUT2D eigenvalue weighted by atomic mass is 10.2. The van der Waals surface area contributed by atoms with Gasteiger partial charge in [-0.3, -0.25) is 9.13 Å². The van der Waals surface area contributed by atoms with Crippen molar-refractivity contribution >= 4 is 54.8 Å². The third-order valence-corrected chi connectivity index (χ3v) is 11.6. The summed E-state index contributed by atoms with van der Waals surface area (Å²) >= 11 is 17.9. The van der Waals surface area contributed by atoms with Crippen molar-refractivity contribution in [2.45, 2.75) is 23.0 Å². The summed E-state index contributed by atoms with van der Waals surface area (Å²) < 4.78 is 74.6. The summed E-state index contributed by atoms with van der Waals surface area (Å²) in [7, 11) is -7.57. The van der Waals surface area contributed by atoms with E-state index in [1.165, 1.54) is 36.4 Å². The number of imidazole rings is 2. The first-order chi connectivity index (χ1) is 29.6. The van der Waals surface area contributed by atoms with Crippen LogP contribution >= 0.6 is 34.8 Å². The Labute approximate surface area is 371 Å². The summed E-state index contributed by atoms with van der Waals surface area (Å²) in [6, 6.07) is 39.7. The van der Waals surface area contributed by atoms with Crippen molar-refractivity contribution in [1.29, 1.82) is 0 Å². The molecule has 8 rings (SSSR count). The first kappa shape index (κ1) is 44.0. The standard InChI is InChI=1S/C22H17Cl2N3O3S.C22H17ClFN3O3S/c2*23-16-3-7-19(8-4-16)27-13-18(14-30-20-9-5-17(24)6-10-20)26-22(27)15-1-11-21(12-2-15)31(25,28)29/h2*1-13H,14H2,(H2,25,28,29). The summed E-state index contributed by atoms with van der Waals surface area (Å²) in [4.78, 5) is 9.40. The molecule has 0 radical (unpaired) electrons. The van der Waals surface area contributed by atoms with Crippen LogP contribution in [-0.4, -0.2) is 35.9 Å². The van der Waals surface area contributed by atoms with Crippen LogP contribution in [0.25, 0.3) is 34.2 Å². The molecular formula is C44H34Cl3FN6O6S2. The Bertz CT molecular complexity index is 2820. The Morgan fingerprint density at radius 3 is 1.15 bits per heavy atom. The molecule has 6 aromatic carbocycles. The molecule has 0 spiro atoms.